The smallest absolute Gasteiger partial charge is 0.226 e. The third-order valence-corrected chi connectivity index (χ3v) is 4.79. The fraction of sp³-hybridized carbons (Fsp3) is 0.533. The summed E-state index contributed by atoms with van der Waals surface area (Å²) in [6.07, 6.45) is 2.06. The van der Waals surface area contributed by atoms with Gasteiger partial charge in [-0.2, -0.15) is 0 Å². The van der Waals surface area contributed by atoms with Crippen LogP contribution in [0.2, 0.25) is 0 Å². The molecule has 0 aliphatic heterocycles. The van der Waals surface area contributed by atoms with Gasteiger partial charge in [0.15, 0.2) is 0 Å². The number of nitrogens with zero attached hydrogens (tertiary/aromatic N) is 1. The highest BCUT2D eigenvalue weighted by atomic mass is 32.2. The first kappa shape index (κ1) is 15.0. The Hall–Kier alpha value is -1.36. The quantitative estimate of drug-likeness (QED) is 0.829. The highest BCUT2D eigenvalue weighted by Gasteiger charge is 2.45. The fourth-order valence-electron chi connectivity index (χ4n) is 2.51. The lowest BCUT2D eigenvalue weighted by molar-refractivity contribution is -0.131. The molecular formula is C15H21NO3S. The van der Waals surface area contributed by atoms with E-state index < -0.39 is 9.84 Å². The number of carbonyl (C=O) groups excluding carboxylic acids is 1. The molecule has 1 aliphatic carbocycles. The van der Waals surface area contributed by atoms with Crippen LogP contribution in [-0.4, -0.2) is 44.8 Å². The normalized spacial score (nSPS) is 21.6. The van der Waals surface area contributed by atoms with Gasteiger partial charge in [-0.15, -0.1) is 0 Å². The lowest BCUT2D eigenvalue weighted by Gasteiger charge is -2.16. The fourth-order valence-corrected chi connectivity index (χ4v) is 3.12. The molecule has 2 rings (SSSR count). The van der Waals surface area contributed by atoms with Crippen molar-refractivity contribution in [2.24, 2.45) is 5.92 Å². The first-order chi connectivity index (χ1) is 9.29. The highest BCUT2D eigenvalue weighted by Crippen LogP contribution is 2.49. The summed E-state index contributed by atoms with van der Waals surface area (Å²) in [5.74, 6) is 0.392. The largest absolute Gasteiger partial charge is 0.344 e. The summed E-state index contributed by atoms with van der Waals surface area (Å²) in [7, 11) is -1.34. The van der Waals surface area contributed by atoms with E-state index in [0.717, 1.165) is 6.42 Å². The van der Waals surface area contributed by atoms with Crippen molar-refractivity contribution < 1.29 is 13.2 Å². The SMILES string of the molecule is Cc1ccccc1[C@H]1C[C@H]1C(=O)N(C)CCS(C)(=O)=O. The van der Waals surface area contributed by atoms with Crippen molar-refractivity contribution in [1.82, 2.24) is 4.90 Å². The second-order valence-electron chi connectivity index (χ2n) is 5.69. The summed E-state index contributed by atoms with van der Waals surface area (Å²) in [5, 5.41) is 0. The van der Waals surface area contributed by atoms with Crippen LogP contribution >= 0.6 is 0 Å². The zero-order valence-corrected chi connectivity index (χ0v) is 13.0. The van der Waals surface area contributed by atoms with Gasteiger partial charge < -0.3 is 4.90 Å². The third kappa shape index (κ3) is 3.60. The minimum atomic E-state index is -3.02. The number of sulfone groups is 1. The summed E-state index contributed by atoms with van der Waals surface area (Å²) in [5.41, 5.74) is 2.45. The average Bonchev–Trinajstić information content (AvgIpc) is 3.15. The Morgan fingerprint density at radius 3 is 2.60 bits per heavy atom. The molecule has 0 N–H and O–H groups in total. The Kier molecular flexibility index (Phi) is 4.18. The molecule has 110 valence electrons. The first-order valence-electron chi connectivity index (χ1n) is 6.78. The molecule has 2 atom stereocenters. The summed E-state index contributed by atoms with van der Waals surface area (Å²) >= 11 is 0. The highest BCUT2D eigenvalue weighted by molar-refractivity contribution is 7.90. The van der Waals surface area contributed by atoms with Gasteiger partial charge in [0.05, 0.1) is 5.75 Å². The minimum absolute atomic E-state index is 0.0145. The van der Waals surface area contributed by atoms with E-state index in [-0.39, 0.29) is 24.1 Å². The molecule has 1 aromatic rings. The van der Waals surface area contributed by atoms with Crippen molar-refractivity contribution in [2.75, 3.05) is 25.6 Å². The van der Waals surface area contributed by atoms with Gasteiger partial charge >= 0.3 is 0 Å². The lowest BCUT2D eigenvalue weighted by Crippen LogP contribution is -2.32. The van der Waals surface area contributed by atoms with Crippen molar-refractivity contribution in [3.05, 3.63) is 35.4 Å². The number of rotatable bonds is 5. The topological polar surface area (TPSA) is 54.5 Å². The Bertz CT molecular complexity index is 609. The second kappa shape index (κ2) is 5.56. The monoisotopic (exact) mass is 295 g/mol. The summed E-state index contributed by atoms with van der Waals surface area (Å²) in [6, 6.07) is 8.12. The number of benzene rings is 1. The van der Waals surface area contributed by atoms with Crippen LogP contribution < -0.4 is 0 Å². The number of hydrogen-bond donors (Lipinski definition) is 0. The Morgan fingerprint density at radius 2 is 2.00 bits per heavy atom. The van der Waals surface area contributed by atoms with Crippen LogP contribution in [0.25, 0.3) is 0 Å². The van der Waals surface area contributed by atoms with Crippen LogP contribution in [0.1, 0.15) is 23.5 Å². The molecular weight excluding hydrogens is 274 g/mol. The molecule has 1 saturated carbocycles. The molecule has 0 aromatic heterocycles. The van der Waals surface area contributed by atoms with E-state index in [4.69, 9.17) is 0 Å². The van der Waals surface area contributed by atoms with Gasteiger partial charge in [-0.3, -0.25) is 4.79 Å². The lowest BCUT2D eigenvalue weighted by atomic mass is 10.0. The maximum atomic E-state index is 12.2. The minimum Gasteiger partial charge on any atom is -0.344 e. The van der Waals surface area contributed by atoms with Gasteiger partial charge in [0.25, 0.3) is 0 Å². The summed E-state index contributed by atoms with van der Waals surface area (Å²) < 4.78 is 22.3. The van der Waals surface area contributed by atoms with Gasteiger partial charge in [0, 0.05) is 25.8 Å². The van der Waals surface area contributed by atoms with E-state index in [0.29, 0.717) is 5.92 Å². The van der Waals surface area contributed by atoms with Gasteiger partial charge in [0.2, 0.25) is 5.91 Å². The number of aryl methyl sites for hydroxylation is 1. The molecule has 1 amide bonds. The van der Waals surface area contributed by atoms with E-state index in [1.807, 2.05) is 12.1 Å². The predicted molar refractivity (Wildman–Crippen MR) is 79.4 cm³/mol. The molecule has 0 saturated heterocycles. The van der Waals surface area contributed by atoms with E-state index in [2.05, 4.69) is 19.1 Å². The zero-order valence-electron chi connectivity index (χ0n) is 12.2. The molecule has 0 unspecified atom stereocenters. The molecule has 1 fully saturated rings. The third-order valence-electron chi connectivity index (χ3n) is 3.87. The molecule has 0 radical (unpaired) electrons. The first-order valence-corrected chi connectivity index (χ1v) is 8.84. The Morgan fingerprint density at radius 1 is 1.35 bits per heavy atom. The Labute approximate surface area is 120 Å². The van der Waals surface area contributed by atoms with Crippen molar-refractivity contribution in [3.63, 3.8) is 0 Å². The average molecular weight is 295 g/mol. The Balaban J connectivity index is 1.95. The molecule has 0 spiro atoms. The van der Waals surface area contributed by atoms with E-state index in [1.165, 1.54) is 17.4 Å². The van der Waals surface area contributed by atoms with Gasteiger partial charge in [0.1, 0.15) is 9.84 Å². The number of amides is 1. The van der Waals surface area contributed by atoms with Crippen molar-refractivity contribution >= 4 is 15.7 Å². The van der Waals surface area contributed by atoms with Gasteiger partial charge in [-0.25, -0.2) is 8.42 Å². The molecule has 0 bridgehead atoms. The summed E-state index contributed by atoms with van der Waals surface area (Å²) in [4.78, 5) is 13.8. The molecule has 4 nitrogen and oxygen atoms in total. The van der Waals surface area contributed by atoms with E-state index >= 15 is 0 Å². The number of hydrogen-bond acceptors (Lipinski definition) is 3. The molecule has 1 aliphatic rings. The van der Waals surface area contributed by atoms with Crippen LogP contribution in [0.3, 0.4) is 0 Å². The van der Waals surface area contributed by atoms with Crippen molar-refractivity contribution in [3.8, 4) is 0 Å². The standard InChI is InChI=1S/C15H21NO3S/c1-11-6-4-5-7-12(11)13-10-14(13)15(17)16(2)8-9-20(3,18)19/h4-7,13-14H,8-10H2,1-3H3/t13-,14-/m1/s1. The zero-order chi connectivity index (χ0) is 14.9. The molecule has 5 heteroatoms. The van der Waals surface area contributed by atoms with E-state index in [1.54, 1.807) is 11.9 Å². The maximum Gasteiger partial charge on any atom is 0.226 e. The van der Waals surface area contributed by atoms with Crippen molar-refractivity contribution in [1.29, 1.82) is 0 Å². The molecule has 0 heterocycles. The molecule has 20 heavy (non-hydrogen) atoms. The second-order valence-corrected chi connectivity index (χ2v) is 7.95. The van der Waals surface area contributed by atoms with Crippen molar-refractivity contribution in [2.45, 2.75) is 19.3 Å². The van der Waals surface area contributed by atoms with Crippen LogP contribution in [0.5, 0.6) is 0 Å². The van der Waals surface area contributed by atoms with Crippen LogP contribution in [0, 0.1) is 12.8 Å². The van der Waals surface area contributed by atoms with Crippen LogP contribution in [0.15, 0.2) is 24.3 Å². The predicted octanol–water partition coefficient (Wildman–Crippen LogP) is 1.60. The van der Waals surface area contributed by atoms with Crippen LogP contribution in [0.4, 0.5) is 0 Å². The van der Waals surface area contributed by atoms with Gasteiger partial charge in [-0.1, -0.05) is 24.3 Å². The molecule has 1 aromatic carbocycles. The summed E-state index contributed by atoms with van der Waals surface area (Å²) in [6.45, 7) is 2.33. The maximum absolute atomic E-state index is 12.2. The van der Waals surface area contributed by atoms with Crippen LogP contribution in [-0.2, 0) is 14.6 Å². The van der Waals surface area contributed by atoms with Gasteiger partial charge in [-0.05, 0) is 30.4 Å². The van der Waals surface area contributed by atoms with E-state index in [9.17, 15) is 13.2 Å². The number of carbonyl (C=O) groups is 1.